The van der Waals surface area contributed by atoms with Gasteiger partial charge in [0.1, 0.15) is 5.01 Å². The van der Waals surface area contributed by atoms with Gasteiger partial charge in [0.2, 0.25) is 0 Å². The van der Waals surface area contributed by atoms with Crippen molar-refractivity contribution in [1.29, 1.82) is 0 Å². The lowest BCUT2D eigenvalue weighted by atomic mass is 10.2. The molecule has 0 spiro atoms. The topological polar surface area (TPSA) is 59.8 Å². The number of carbonyl (C=O) groups is 1. The average molecular weight is 465 g/mol. The number of halogens is 1. The van der Waals surface area contributed by atoms with Crippen LogP contribution in [0.2, 0.25) is 5.02 Å². The van der Waals surface area contributed by atoms with Crippen molar-refractivity contribution in [2.24, 2.45) is 0 Å². The summed E-state index contributed by atoms with van der Waals surface area (Å²) < 4.78 is 2.92. The molecule has 5 nitrogen and oxygen atoms in total. The van der Waals surface area contributed by atoms with E-state index in [1.165, 1.54) is 21.6 Å². The lowest BCUT2D eigenvalue weighted by Gasteiger charge is -2.04. The SMILES string of the molecule is Cc1ccc2nc(-c3ccc(NC(=O)c4cc(Cn5cc(Cl)cn5)cs4)cc3)sc2c1. The fraction of sp³-hybridized carbons (Fsp3) is 0.0870. The van der Waals surface area contributed by atoms with Gasteiger partial charge in [-0.1, -0.05) is 17.7 Å². The minimum Gasteiger partial charge on any atom is -0.321 e. The predicted molar refractivity (Wildman–Crippen MR) is 128 cm³/mol. The van der Waals surface area contributed by atoms with Gasteiger partial charge in [0, 0.05) is 17.4 Å². The van der Waals surface area contributed by atoms with Crippen LogP contribution >= 0.6 is 34.3 Å². The standard InChI is InChI=1S/C23H17ClN4OS2/c1-14-2-7-19-20(8-14)31-23(27-19)16-3-5-18(6-4-16)26-22(29)21-9-15(13-30-21)11-28-12-17(24)10-25-28/h2-10,12-13H,11H2,1H3,(H,26,29). The summed E-state index contributed by atoms with van der Waals surface area (Å²) in [5.74, 6) is -0.127. The van der Waals surface area contributed by atoms with Gasteiger partial charge in [-0.05, 0) is 65.9 Å². The zero-order valence-electron chi connectivity index (χ0n) is 16.5. The molecule has 8 heteroatoms. The van der Waals surface area contributed by atoms with Gasteiger partial charge in [-0.3, -0.25) is 9.48 Å². The number of thiophene rings is 1. The molecule has 0 atom stereocenters. The summed E-state index contributed by atoms with van der Waals surface area (Å²) in [5, 5.41) is 10.7. The number of anilines is 1. The quantitative estimate of drug-likeness (QED) is 0.323. The molecule has 0 aliphatic carbocycles. The van der Waals surface area contributed by atoms with Crippen LogP contribution in [0, 0.1) is 6.92 Å². The van der Waals surface area contributed by atoms with Gasteiger partial charge in [-0.15, -0.1) is 22.7 Å². The second-order valence-electron chi connectivity index (χ2n) is 7.20. The predicted octanol–water partition coefficient (Wildman–Crippen LogP) is 6.48. The van der Waals surface area contributed by atoms with Crippen molar-refractivity contribution in [1.82, 2.24) is 14.8 Å². The molecule has 1 N–H and O–H groups in total. The molecule has 0 saturated heterocycles. The van der Waals surface area contributed by atoms with E-state index in [-0.39, 0.29) is 5.91 Å². The van der Waals surface area contributed by atoms with Gasteiger partial charge in [0.15, 0.2) is 0 Å². The van der Waals surface area contributed by atoms with Crippen molar-refractivity contribution in [3.8, 4) is 10.6 Å². The maximum atomic E-state index is 12.6. The van der Waals surface area contributed by atoms with Crippen LogP contribution in [0.1, 0.15) is 20.8 Å². The molecule has 0 aliphatic rings. The molecule has 31 heavy (non-hydrogen) atoms. The van der Waals surface area contributed by atoms with Crippen LogP contribution < -0.4 is 5.32 Å². The van der Waals surface area contributed by atoms with E-state index in [0.717, 1.165) is 27.3 Å². The molecule has 0 unspecified atom stereocenters. The van der Waals surface area contributed by atoms with E-state index in [2.05, 4.69) is 35.5 Å². The van der Waals surface area contributed by atoms with Gasteiger partial charge in [-0.2, -0.15) is 5.10 Å². The van der Waals surface area contributed by atoms with Crippen LogP contribution in [0.3, 0.4) is 0 Å². The summed E-state index contributed by atoms with van der Waals surface area (Å²) in [6, 6.07) is 16.0. The van der Waals surface area contributed by atoms with Crippen molar-refractivity contribution in [3.63, 3.8) is 0 Å². The first-order valence-corrected chi connectivity index (χ1v) is 11.7. The van der Waals surface area contributed by atoms with Crippen molar-refractivity contribution in [2.45, 2.75) is 13.5 Å². The zero-order valence-corrected chi connectivity index (χ0v) is 18.9. The number of hydrogen-bond acceptors (Lipinski definition) is 5. The summed E-state index contributed by atoms with van der Waals surface area (Å²) >= 11 is 8.99. The Morgan fingerprint density at radius 1 is 1.16 bits per heavy atom. The van der Waals surface area contributed by atoms with Crippen molar-refractivity contribution < 1.29 is 4.79 Å². The van der Waals surface area contributed by atoms with Gasteiger partial charge < -0.3 is 5.32 Å². The summed E-state index contributed by atoms with van der Waals surface area (Å²) in [5.41, 5.74) is 5.03. The maximum Gasteiger partial charge on any atom is 0.265 e. The number of rotatable bonds is 5. The Balaban J connectivity index is 1.27. The van der Waals surface area contributed by atoms with Crippen LogP contribution in [0.25, 0.3) is 20.8 Å². The van der Waals surface area contributed by atoms with Crippen molar-refractivity contribution >= 4 is 56.1 Å². The Bertz CT molecular complexity index is 1380. The number of benzene rings is 2. The van der Waals surface area contributed by atoms with Crippen LogP contribution in [0.4, 0.5) is 5.69 Å². The van der Waals surface area contributed by atoms with Gasteiger partial charge >= 0.3 is 0 Å². The average Bonchev–Trinajstić information content (AvgIpc) is 3.48. The number of hydrogen-bond donors (Lipinski definition) is 1. The van der Waals surface area contributed by atoms with E-state index in [1.54, 1.807) is 28.4 Å². The number of carbonyl (C=O) groups excluding carboxylic acids is 1. The molecule has 3 heterocycles. The van der Waals surface area contributed by atoms with Crippen LogP contribution in [-0.4, -0.2) is 20.7 Å². The molecule has 0 saturated carbocycles. The van der Waals surface area contributed by atoms with E-state index < -0.39 is 0 Å². The fourth-order valence-corrected chi connectivity index (χ4v) is 5.26. The fourth-order valence-electron chi connectivity index (χ4n) is 3.23. The Hall–Kier alpha value is -3.00. The van der Waals surface area contributed by atoms with Crippen LogP contribution in [-0.2, 0) is 6.54 Å². The van der Waals surface area contributed by atoms with Gasteiger partial charge in [0.05, 0.1) is 32.9 Å². The largest absolute Gasteiger partial charge is 0.321 e. The summed E-state index contributed by atoms with van der Waals surface area (Å²) in [7, 11) is 0. The minimum absolute atomic E-state index is 0.127. The Morgan fingerprint density at radius 2 is 2.00 bits per heavy atom. The Labute approximate surface area is 192 Å². The smallest absolute Gasteiger partial charge is 0.265 e. The molecule has 2 aromatic carbocycles. The lowest BCUT2D eigenvalue weighted by Crippen LogP contribution is -2.10. The number of fused-ring (bicyclic) bond motifs is 1. The molecular formula is C23H17ClN4OS2. The number of amides is 1. The molecular weight excluding hydrogens is 448 g/mol. The molecule has 0 bridgehead atoms. The highest BCUT2D eigenvalue weighted by atomic mass is 35.5. The third-order valence-corrected chi connectivity index (χ3v) is 7.00. The highest BCUT2D eigenvalue weighted by Crippen LogP contribution is 2.31. The van der Waals surface area contributed by atoms with E-state index in [0.29, 0.717) is 16.4 Å². The number of nitrogens with one attached hydrogen (secondary N) is 1. The monoisotopic (exact) mass is 464 g/mol. The minimum atomic E-state index is -0.127. The van der Waals surface area contributed by atoms with E-state index >= 15 is 0 Å². The van der Waals surface area contributed by atoms with Crippen LogP contribution in [0.15, 0.2) is 66.3 Å². The van der Waals surface area contributed by atoms with Crippen LogP contribution in [0.5, 0.6) is 0 Å². The van der Waals surface area contributed by atoms with Crippen molar-refractivity contribution in [2.75, 3.05) is 5.32 Å². The lowest BCUT2D eigenvalue weighted by molar-refractivity contribution is 0.103. The molecule has 0 radical (unpaired) electrons. The zero-order chi connectivity index (χ0) is 21.4. The van der Waals surface area contributed by atoms with E-state index in [1.807, 2.05) is 35.7 Å². The second-order valence-corrected chi connectivity index (χ2v) is 9.58. The third kappa shape index (κ3) is 4.39. The third-order valence-electron chi connectivity index (χ3n) is 4.76. The van der Waals surface area contributed by atoms with Crippen molar-refractivity contribution in [3.05, 3.63) is 87.3 Å². The summed E-state index contributed by atoms with van der Waals surface area (Å²) in [6.07, 6.45) is 3.35. The summed E-state index contributed by atoms with van der Waals surface area (Å²) in [4.78, 5) is 18.0. The molecule has 3 aromatic heterocycles. The normalized spacial score (nSPS) is 11.2. The maximum absolute atomic E-state index is 12.6. The first-order chi connectivity index (χ1) is 15.0. The molecule has 154 valence electrons. The van der Waals surface area contributed by atoms with Gasteiger partial charge in [0.25, 0.3) is 5.91 Å². The molecule has 0 fully saturated rings. The van der Waals surface area contributed by atoms with Gasteiger partial charge in [-0.25, -0.2) is 4.98 Å². The second kappa shape index (κ2) is 8.26. The Morgan fingerprint density at radius 3 is 2.77 bits per heavy atom. The number of aromatic nitrogens is 3. The first kappa shape index (κ1) is 19.9. The Kier molecular flexibility index (Phi) is 5.31. The number of aryl methyl sites for hydroxylation is 1. The highest BCUT2D eigenvalue weighted by Gasteiger charge is 2.11. The number of nitrogens with zero attached hydrogens (tertiary/aromatic N) is 3. The molecule has 5 rings (SSSR count). The molecule has 1 amide bonds. The highest BCUT2D eigenvalue weighted by molar-refractivity contribution is 7.21. The molecule has 0 aliphatic heterocycles. The summed E-state index contributed by atoms with van der Waals surface area (Å²) in [6.45, 7) is 2.66. The van der Waals surface area contributed by atoms with E-state index in [9.17, 15) is 4.79 Å². The van der Waals surface area contributed by atoms with E-state index in [4.69, 9.17) is 16.6 Å². The molecule has 5 aromatic rings. The first-order valence-electron chi connectivity index (χ1n) is 9.58. The number of thiazole rings is 1.